The van der Waals surface area contributed by atoms with E-state index in [4.69, 9.17) is 4.74 Å². The van der Waals surface area contributed by atoms with Crippen LogP contribution in [0.2, 0.25) is 0 Å². The van der Waals surface area contributed by atoms with Gasteiger partial charge >= 0.3 is 0 Å². The topological polar surface area (TPSA) is 29.5 Å². The van der Waals surface area contributed by atoms with Gasteiger partial charge in [0.15, 0.2) is 0 Å². The number of amides is 1. The van der Waals surface area contributed by atoms with Crippen molar-refractivity contribution >= 4 is 5.91 Å². The first kappa shape index (κ1) is 18.2. The largest absolute Gasteiger partial charge is 0.379 e. The Morgan fingerprint density at radius 1 is 1.32 bits per heavy atom. The van der Waals surface area contributed by atoms with Crippen LogP contribution in [0.4, 0.5) is 0 Å². The summed E-state index contributed by atoms with van der Waals surface area (Å²) in [4.78, 5) is 13.6. The lowest BCUT2D eigenvalue weighted by molar-refractivity contribution is -0.128. The molecule has 3 nitrogen and oxygen atoms in total. The Bertz CT molecular complexity index is 293. The number of ether oxygens (including phenoxy) is 1. The molecule has 0 heterocycles. The van der Waals surface area contributed by atoms with Crippen LogP contribution in [0.25, 0.3) is 0 Å². The van der Waals surface area contributed by atoms with Gasteiger partial charge in [-0.05, 0) is 18.8 Å². The van der Waals surface area contributed by atoms with E-state index < -0.39 is 0 Å². The SMILES string of the molecule is C=C(N(CCOCC(C)C)C(C)=O)C(C)(CC)CC. The molecule has 0 bridgehead atoms. The van der Waals surface area contributed by atoms with E-state index in [1.165, 1.54) is 0 Å². The minimum absolute atomic E-state index is 0.0102. The molecule has 0 atom stereocenters. The Hall–Kier alpha value is -0.830. The van der Waals surface area contributed by atoms with Gasteiger partial charge in [-0.3, -0.25) is 4.79 Å². The first-order valence-corrected chi connectivity index (χ1v) is 7.33. The van der Waals surface area contributed by atoms with Crippen molar-refractivity contribution in [1.82, 2.24) is 4.90 Å². The van der Waals surface area contributed by atoms with Crippen LogP contribution >= 0.6 is 0 Å². The van der Waals surface area contributed by atoms with Gasteiger partial charge in [0.2, 0.25) is 5.91 Å². The molecule has 19 heavy (non-hydrogen) atoms. The summed E-state index contributed by atoms with van der Waals surface area (Å²) in [6, 6.07) is 0. The van der Waals surface area contributed by atoms with Gasteiger partial charge in [-0.15, -0.1) is 0 Å². The second kappa shape index (κ2) is 8.36. The van der Waals surface area contributed by atoms with Crippen molar-refractivity contribution in [3.63, 3.8) is 0 Å². The number of allylic oxidation sites excluding steroid dienone is 1. The highest BCUT2D eigenvalue weighted by atomic mass is 16.5. The number of carbonyl (C=O) groups is 1. The van der Waals surface area contributed by atoms with Gasteiger partial charge in [0.1, 0.15) is 0 Å². The molecule has 0 rings (SSSR count). The lowest BCUT2D eigenvalue weighted by atomic mass is 9.81. The van der Waals surface area contributed by atoms with Crippen molar-refractivity contribution in [3.8, 4) is 0 Å². The summed E-state index contributed by atoms with van der Waals surface area (Å²) in [5.41, 5.74) is 0.905. The van der Waals surface area contributed by atoms with Gasteiger partial charge < -0.3 is 9.64 Å². The fraction of sp³-hybridized carbons (Fsp3) is 0.812. The van der Waals surface area contributed by atoms with Crippen LogP contribution in [0.1, 0.15) is 54.4 Å². The molecule has 1 amide bonds. The van der Waals surface area contributed by atoms with E-state index in [2.05, 4.69) is 41.2 Å². The van der Waals surface area contributed by atoms with Crippen molar-refractivity contribution in [2.45, 2.75) is 54.4 Å². The van der Waals surface area contributed by atoms with E-state index in [0.717, 1.165) is 25.1 Å². The maximum Gasteiger partial charge on any atom is 0.223 e. The molecular formula is C16H31NO2. The summed E-state index contributed by atoms with van der Waals surface area (Å²) in [6.07, 6.45) is 1.97. The summed E-state index contributed by atoms with van der Waals surface area (Å²) in [6.45, 7) is 18.3. The average molecular weight is 269 g/mol. The molecule has 0 N–H and O–H groups in total. The summed E-state index contributed by atoms with van der Waals surface area (Å²) >= 11 is 0. The van der Waals surface area contributed by atoms with E-state index in [9.17, 15) is 4.79 Å². The average Bonchev–Trinajstić information content (AvgIpc) is 2.36. The van der Waals surface area contributed by atoms with Crippen LogP contribution in [0.3, 0.4) is 0 Å². The van der Waals surface area contributed by atoms with E-state index >= 15 is 0 Å². The number of carbonyl (C=O) groups excluding carboxylic acids is 1. The Balaban J connectivity index is 4.56. The predicted molar refractivity (Wildman–Crippen MR) is 80.9 cm³/mol. The molecule has 0 radical (unpaired) electrons. The third kappa shape index (κ3) is 5.77. The van der Waals surface area contributed by atoms with Gasteiger partial charge in [-0.25, -0.2) is 0 Å². The zero-order valence-electron chi connectivity index (χ0n) is 13.6. The lowest BCUT2D eigenvalue weighted by Crippen LogP contribution is -2.38. The Morgan fingerprint density at radius 2 is 1.84 bits per heavy atom. The van der Waals surface area contributed by atoms with Crippen molar-refractivity contribution < 1.29 is 9.53 Å². The summed E-state index contributed by atoms with van der Waals surface area (Å²) in [7, 11) is 0. The van der Waals surface area contributed by atoms with Crippen molar-refractivity contribution in [2.75, 3.05) is 19.8 Å². The highest BCUT2D eigenvalue weighted by Gasteiger charge is 2.29. The third-order valence-electron chi connectivity index (χ3n) is 3.87. The summed E-state index contributed by atoms with van der Waals surface area (Å²) in [5, 5.41) is 0. The smallest absolute Gasteiger partial charge is 0.223 e. The van der Waals surface area contributed by atoms with Gasteiger partial charge in [0.05, 0.1) is 6.61 Å². The maximum atomic E-state index is 11.8. The fourth-order valence-electron chi connectivity index (χ4n) is 1.94. The molecule has 0 fully saturated rings. The minimum atomic E-state index is -0.0102. The monoisotopic (exact) mass is 269 g/mol. The molecule has 0 unspecified atom stereocenters. The molecule has 0 aromatic rings. The summed E-state index contributed by atoms with van der Waals surface area (Å²) in [5.74, 6) is 0.566. The Kier molecular flexibility index (Phi) is 8.00. The van der Waals surface area contributed by atoms with Crippen LogP contribution in [-0.4, -0.2) is 30.6 Å². The van der Waals surface area contributed by atoms with Crippen molar-refractivity contribution in [2.24, 2.45) is 11.3 Å². The highest BCUT2D eigenvalue weighted by Crippen LogP contribution is 2.35. The maximum absolute atomic E-state index is 11.8. The zero-order chi connectivity index (χ0) is 15.1. The molecule has 0 aromatic heterocycles. The molecule has 112 valence electrons. The van der Waals surface area contributed by atoms with Gasteiger partial charge in [0.25, 0.3) is 0 Å². The number of rotatable bonds is 9. The molecule has 0 aliphatic carbocycles. The van der Waals surface area contributed by atoms with Gasteiger partial charge in [-0.2, -0.15) is 0 Å². The van der Waals surface area contributed by atoms with Gasteiger partial charge in [0, 0.05) is 31.2 Å². The second-order valence-electron chi connectivity index (χ2n) is 5.85. The first-order chi connectivity index (χ1) is 8.78. The molecule has 0 aliphatic heterocycles. The van der Waals surface area contributed by atoms with E-state index in [1.54, 1.807) is 11.8 Å². The Morgan fingerprint density at radius 3 is 2.21 bits per heavy atom. The predicted octanol–water partition coefficient (Wildman–Crippen LogP) is 3.85. The number of nitrogens with zero attached hydrogens (tertiary/aromatic N) is 1. The number of hydrogen-bond acceptors (Lipinski definition) is 2. The van der Waals surface area contributed by atoms with Gasteiger partial charge in [-0.1, -0.05) is 41.2 Å². The Labute approximate surface area is 119 Å². The van der Waals surface area contributed by atoms with E-state index in [1.807, 2.05) is 0 Å². The molecule has 0 spiro atoms. The molecule has 3 heteroatoms. The quantitative estimate of drug-likeness (QED) is 0.595. The molecule has 0 aromatic carbocycles. The summed E-state index contributed by atoms with van der Waals surface area (Å²) < 4.78 is 5.57. The molecule has 0 saturated heterocycles. The van der Waals surface area contributed by atoms with Crippen molar-refractivity contribution in [3.05, 3.63) is 12.3 Å². The third-order valence-corrected chi connectivity index (χ3v) is 3.87. The molecule has 0 aliphatic rings. The van der Waals surface area contributed by atoms with Crippen LogP contribution in [0.5, 0.6) is 0 Å². The van der Waals surface area contributed by atoms with E-state index in [0.29, 0.717) is 19.1 Å². The molecular weight excluding hydrogens is 238 g/mol. The van der Waals surface area contributed by atoms with Crippen LogP contribution < -0.4 is 0 Å². The molecule has 0 saturated carbocycles. The lowest BCUT2D eigenvalue weighted by Gasteiger charge is -2.36. The minimum Gasteiger partial charge on any atom is -0.379 e. The van der Waals surface area contributed by atoms with Crippen LogP contribution in [0, 0.1) is 11.3 Å². The van der Waals surface area contributed by atoms with Crippen LogP contribution in [0.15, 0.2) is 12.3 Å². The fourth-order valence-corrected chi connectivity index (χ4v) is 1.94. The van der Waals surface area contributed by atoms with Crippen LogP contribution in [-0.2, 0) is 9.53 Å². The second-order valence-corrected chi connectivity index (χ2v) is 5.85. The zero-order valence-corrected chi connectivity index (χ0v) is 13.6. The van der Waals surface area contributed by atoms with E-state index in [-0.39, 0.29) is 11.3 Å². The standard InChI is InChI=1S/C16H31NO2/c1-8-16(7,9-2)14(5)17(15(6)18)10-11-19-12-13(3)4/h13H,5,8-12H2,1-4,6-7H3. The normalized spacial score (nSPS) is 11.7. The highest BCUT2D eigenvalue weighted by molar-refractivity contribution is 5.75. The first-order valence-electron chi connectivity index (χ1n) is 7.33. The number of hydrogen-bond donors (Lipinski definition) is 0. The van der Waals surface area contributed by atoms with Crippen molar-refractivity contribution in [1.29, 1.82) is 0 Å².